The average Bonchev–Trinajstić information content (AvgIpc) is 3.24. The number of carbonyl (C=O) groups excluding carboxylic acids is 3. The van der Waals surface area contributed by atoms with Crippen molar-refractivity contribution in [3.63, 3.8) is 0 Å². The molecule has 1 aromatic heterocycles. The molecule has 29 heavy (non-hydrogen) atoms. The van der Waals surface area contributed by atoms with Gasteiger partial charge in [0.2, 0.25) is 11.8 Å². The Morgan fingerprint density at radius 1 is 0.828 bits per heavy atom. The van der Waals surface area contributed by atoms with Crippen LogP contribution in [0.25, 0.3) is 0 Å². The van der Waals surface area contributed by atoms with Gasteiger partial charge >= 0.3 is 0 Å². The van der Waals surface area contributed by atoms with Crippen LogP contribution in [0.4, 0.5) is 17.1 Å². The van der Waals surface area contributed by atoms with Crippen molar-refractivity contribution in [1.29, 1.82) is 0 Å². The molecule has 3 amide bonds. The molecule has 7 nitrogen and oxygen atoms in total. The summed E-state index contributed by atoms with van der Waals surface area (Å²) < 4.78 is 5.05. The minimum atomic E-state index is -0.320. The van der Waals surface area contributed by atoms with Crippen molar-refractivity contribution >= 4 is 46.5 Å². The van der Waals surface area contributed by atoms with Gasteiger partial charge in [-0.05, 0) is 60.7 Å². The van der Waals surface area contributed by atoms with E-state index in [4.69, 9.17) is 4.42 Å². The fourth-order valence-electron chi connectivity index (χ4n) is 2.42. The molecule has 148 valence electrons. The highest BCUT2D eigenvalue weighted by Gasteiger charge is 2.09. The van der Waals surface area contributed by atoms with E-state index in [9.17, 15) is 14.4 Å². The molecule has 1 heterocycles. The largest absolute Gasteiger partial charge is 0.459 e. The molecule has 3 rings (SSSR count). The molecule has 0 atom stereocenters. The third-order valence-corrected chi connectivity index (χ3v) is 4.73. The number of thioether (sulfide) groups is 1. The molecule has 0 saturated carbocycles. The fourth-order valence-corrected chi connectivity index (χ4v) is 3.12. The van der Waals surface area contributed by atoms with E-state index in [0.29, 0.717) is 17.1 Å². The number of anilines is 3. The quantitative estimate of drug-likeness (QED) is 0.507. The lowest BCUT2D eigenvalue weighted by Crippen LogP contribution is -2.14. The Morgan fingerprint density at radius 3 is 2.00 bits per heavy atom. The van der Waals surface area contributed by atoms with Crippen LogP contribution in [-0.2, 0) is 9.59 Å². The van der Waals surface area contributed by atoms with E-state index in [1.165, 1.54) is 24.9 Å². The molecule has 0 aliphatic heterocycles. The number of benzene rings is 2. The van der Waals surface area contributed by atoms with Crippen molar-refractivity contribution in [2.24, 2.45) is 0 Å². The molecule has 0 saturated heterocycles. The summed E-state index contributed by atoms with van der Waals surface area (Å²) in [5, 5.41) is 8.21. The second-order valence-corrected chi connectivity index (χ2v) is 7.10. The Balaban J connectivity index is 1.46. The third-order valence-electron chi connectivity index (χ3n) is 3.72. The predicted molar refractivity (Wildman–Crippen MR) is 113 cm³/mol. The van der Waals surface area contributed by atoms with E-state index in [1.807, 2.05) is 12.1 Å². The first-order valence-corrected chi connectivity index (χ1v) is 9.73. The van der Waals surface area contributed by atoms with Crippen LogP contribution in [-0.4, -0.2) is 23.5 Å². The van der Waals surface area contributed by atoms with Gasteiger partial charge < -0.3 is 20.4 Å². The zero-order valence-electron chi connectivity index (χ0n) is 15.6. The summed E-state index contributed by atoms with van der Waals surface area (Å²) in [5.74, 6) is -0.127. The van der Waals surface area contributed by atoms with Crippen LogP contribution in [0.5, 0.6) is 0 Å². The Bertz CT molecular complexity index is 984. The molecule has 3 N–H and O–H groups in total. The van der Waals surface area contributed by atoms with Gasteiger partial charge in [0, 0.05) is 28.9 Å². The van der Waals surface area contributed by atoms with Crippen LogP contribution in [0.15, 0.2) is 76.2 Å². The third kappa shape index (κ3) is 6.25. The summed E-state index contributed by atoms with van der Waals surface area (Å²) in [7, 11) is 0. The van der Waals surface area contributed by atoms with Gasteiger partial charge in [-0.25, -0.2) is 0 Å². The minimum absolute atomic E-state index is 0.141. The van der Waals surface area contributed by atoms with Gasteiger partial charge in [-0.3, -0.25) is 14.4 Å². The first kappa shape index (κ1) is 20.2. The van der Waals surface area contributed by atoms with Gasteiger partial charge in [0.1, 0.15) is 0 Å². The zero-order chi connectivity index (χ0) is 20.6. The summed E-state index contributed by atoms with van der Waals surface area (Å²) in [5.41, 5.74) is 1.96. The molecule has 0 radical (unpaired) electrons. The van der Waals surface area contributed by atoms with Crippen molar-refractivity contribution < 1.29 is 18.8 Å². The standard InChI is InChI=1S/C21H19N3O4S/c1-14(25)22-15-4-6-16(7-5-15)23-20(26)13-29-18-10-8-17(9-11-18)24-21(27)19-3-2-12-28-19/h2-12H,13H2,1H3,(H,22,25)(H,23,26)(H,24,27). The lowest BCUT2D eigenvalue weighted by Gasteiger charge is -2.08. The summed E-state index contributed by atoms with van der Waals surface area (Å²) in [6, 6.07) is 17.3. The van der Waals surface area contributed by atoms with E-state index in [2.05, 4.69) is 16.0 Å². The number of hydrogen-bond acceptors (Lipinski definition) is 5. The van der Waals surface area contributed by atoms with Crippen molar-refractivity contribution in [2.75, 3.05) is 21.7 Å². The number of furan rings is 1. The molecule has 2 aromatic carbocycles. The number of carbonyl (C=O) groups is 3. The molecule has 0 fully saturated rings. The summed E-state index contributed by atoms with van der Waals surface area (Å²) in [6.07, 6.45) is 1.44. The molecule has 0 bridgehead atoms. The molecule has 8 heteroatoms. The maximum atomic E-state index is 12.1. The summed E-state index contributed by atoms with van der Waals surface area (Å²) >= 11 is 1.38. The first-order valence-electron chi connectivity index (χ1n) is 8.75. The van der Waals surface area contributed by atoms with Gasteiger partial charge in [-0.15, -0.1) is 11.8 Å². The van der Waals surface area contributed by atoms with Crippen molar-refractivity contribution in [3.05, 3.63) is 72.7 Å². The molecule has 3 aromatic rings. The van der Waals surface area contributed by atoms with Crippen LogP contribution in [0.2, 0.25) is 0 Å². The molecule has 0 aliphatic rings. The molecule has 0 spiro atoms. The molecule has 0 unspecified atom stereocenters. The summed E-state index contributed by atoms with van der Waals surface area (Å²) in [4.78, 5) is 36.0. The topological polar surface area (TPSA) is 100 Å². The number of nitrogens with one attached hydrogen (secondary N) is 3. The Labute approximate surface area is 171 Å². The SMILES string of the molecule is CC(=O)Nc1ccc(NC(=O)CSc2ccc(NC(=O)c3ccco3)cc2)cc1. The maximum Gasteiger partial charge on any atom is 0.291 e. The monoisotopic (exact) mass is 409 g/mol. The van der Waals surface area contributed by atoms with E-state index in [1.54, 1.807) is 48.5 Å². The number of rotatable bonds is 7. The van der Waals surface area contributed by atoms with Gasteiger partial charge in [0.25, 0.3) is 5.91 Å². The smallest absolute Gasteiger partial charge is 0.291 e. The van der Waals surface area contributed by atoms with Gasteiger partial charge in [0.05, 0.1) is 12.0 Å². The van der Waals surface area contributed by atoms with Crippen LogP contribution in [0, 0.1) is 0 Å². The molecule has 0 aliphatic carbocycles. The van der Waals surface area contributed by atoms with Gasteiger partial charge in [-0.1, -0.05) is 0 Å². The average molecular weight is 409 g/mol. The second kappa shape index (κ2) is 9.61. The first-order chi connectivity index (χ1) is 14.0. The number of amides is 3. The van der Waals surface area contributed by atoms with E-state index < -0.39 is 0 Å². The lowest BCUT2D eigenvalue weighted by molar-refractivity contribution is -0.114. The van der Waals surface area contributed by atoms with Crippen LogP contribution in [0.3, 0.4) is 0 Å². The van der Waals surface area contributed by atoms with E-state index in [-0.39, 0.29) is 29.2 Å². The Hall–Kier alpha value is -3.52. The van der Waals surface area contributed by atoms with Crippen LogP contribution < -0.4 is 16.0 Å². The summed E-state index contributed by atoms with van der Waals surface area (Å²) in [6.45, 7) is 1.44. The maximum absolute atomic E-state index is 12.1. The predicted octanol–water partition coefficient (Wildman–Crippen LogP) is 4.22. The van der Waals surface area contributed by atoms with Crippen LogP contribution in [0.1, 0.15) is 17.5 Å². The molecular weight excluding hydrogens is 390 g/mol. The lowest BCUT2D eigenvalue weighted by atomic mass is 10.3. The second-order valence-electron chi connectivity index (χ2n) is 6.05. The van der Waals surface area contributed by atoms with Crippen molar-refractivity contribution in [2.45, 2.75) is 11.8 Å². The zero-order valence-corrected chi connectivity index (χ0v) is 16.4. The minimum Gasteiger partial charge on any atom is -0.459 e. The van der Waals surface area contributed by atoms with Crippen molar-refractivity contribution in [1.82, 2.24) is 0 Å². The normalized spacial score (nSPS) is 10.2. The Kier molecular flexibility index (Phi) is 6.70. The number of hydrogen-bond donors (Lipinski definition) is 3. The van der Waals surface area contributed by atoms with Gasteiger partial charge in [0.15, 0.2) is 5.76 Å². The Morgan fingerprint density at radius 2 is 1.41 bits per heavy atom. The van der Waals surface area contributed by atoms with Gasteiger partial charge in [-0.2, -0.15) is 0 Å². The highest BCUT2D eigenvalue weighted by molar-refractivity contribution is 8.00. The molecular formula is C21H19N3O4S. The van der Waals surface area contributed by atoms with E-state index in [0.717, 1.165) is 4.90 Å². The highest BCUT2D eigenvalue weighted by Crippen LogP contribution is 2.21. The van der Waals surface area contributed by atoms with Crippen molar-refractivity contribution in [3.8, 4) is 0 Å². The van der Waals surface area contributed by atoms with Crippen LogP contribution >= 0.6 is 11.8 Å². The fraction of sp³-hybridized carbons (Fsp3) is 0.0952. The highest BCUT2D eigenvalue weighted by atomic mass is 32.2. The van der Waals surface area contributed by atoms with E-state index >= 15 is 0 Å².